The molecule has 0 aliphatic heterocycles. The van der Waals surface area contributed by atoms with Gasteiger partial charge >= 0.3 is 0 Å². The van der Waals surface area contributed by atoms with E-state index in [-0.39, 0.29) is 5.82 Å². The van der Waals surface area contributed by atoms with Crippen LogP contribution in [-0.4, -0.2) is 15.4 Å². The molecule has 0 aliphatic rings. The summed E-state index contributed by atoms with van der Waals surface area (Å²) in [5, 5.41) is 3.25. The van der Waals surface area contributed by atoms with Gasteiger partial charge in [-0.1, -0.05) is 23.8 Å². The summed E-state index contributed by atoms with van der Waals surface area (Å²) >= 11 is 5.68. The molecule has 3 nitrogen and oxygen atoms in total. The summed E-state index contributed by atoms with van der Waals surface area (Å²) in [6, 6.07) is 6.43. The number of nitrogens with zero attached hydrogens (tertiary/aromatic N) is 2. The van der Waals surface area contributed by atoms with Gasteiger partial charge in [0.25, 0.3) is 0 Å². The number of benzene rings is 1. The lowest BCUT2D eigenvalue weighted by Gasteiger charge is -2.10. The van der Waals surface area contributed by atoms with E-state index in [2.05, 4.69) is 10.3 Å². The molecule has 0 radical (unpaired) electrons. The average Bonchev–Trinajstić information content (AvgIpc) is 2.86. The summed E-state index contributed by atoms with van der Waals surface area (Å²) in [6.45, 7) is 3.39. The van der Waals surface area contributed by atoms with Crippen LogP contribution in [0.2, 0.25) is 0 Å². The molecule has 0 fully saturated rings. The summed E-state index contributed by atoms with van der Waals surface area (Å²) in [6.07, 6.45) is 5.64. The molecule has 5 heteroatoms. The SMILES string of the molecule is C/C(=C\CCl)Cn1ccnc1NCc1ccc(F)cc1. The number of alkyl halides is 1. The normalized spacial score (nSPS) is 11.7. The van der Waals surface area contributed by atoms with Crippen molar-refractivity contribution in [2.45, 2.75) is 20.0 Å². The molecule has 1 aromatic heterocycles. The Morgan fingerprint density at radius 1 is 1.40 bits per heavy atom. The molecule has 1 aromatic carbocycles. The summed E-state index contributed by atoms with van der Waals surface area (Å²) in [5.74, 6) is 1.08. The van der Waals surface area contributed by atoms with Crippen molar-refractivity contribution in [1.82, 2.24) is 9.55 Å². The fraction of sp³-hybridized carbons (Fsp3) is 0.267. The van der Waals surface area contributed by atoms with Gasteiger partial charge in [-0.25, -0.2) is 9.37 Å². The van der Waals surface area contributed by atoms with Crippen molar-refractivity contribution >= 4 is 17.5 Å². The highest BCUT2D eigenvalue weighted by atomic mass is 35.5. The molecule has 0 bridgehead atoms. The second kappa shape index (κ2) is 7.10. The molecular formula is C15H17ClFN3. The van der Waals surface area contributed by atoms with Crippen LogP contribution in [0.3, 0.4) is 0 Å². The number of rotatable bonds is 6. The molecule has 2 aromatic rings. The third-order valence-electron chi connectivity index (χ3n) is 2.92. The number of aromatic nitrogens is 2. The highest BCUT2D eigenvalue weighted by Crippen LogP contribution is 2.11. The van der Waals surface area contributed by atoms with Crippen LogP contribution in [-0.2, 0) is 13.1 Å². The van der Waals surface area contributed by atoms with Gasteiger partial charge in [-0.2, -0.15) is 0 Å². The zero-order valence-corrected chi connectivity index (χ0v) is 12.1. The van der Waals surface area contributed by atoms with Crippen molar-refractivity contribution < 1.29 is 4.39 Å². The minimum absolute atomic E-state index is 0.225. The quantitative estimate of drug-likeness (QED) is 0.648. The first-order valence-corrected chi connectivity index (χ1v) is 6.93. The highest BCUT2D eigenvalue weighted by Gasteiger charge is 2.03. The van der Waals surface area contributed by atoms with Crippen molar-refractivity contribution in [2.75, 3.05) is 11.2 Å². The molecule has 0 unspecified atom stereocenters. The average molecular weight is 294 g/mol. The van der Waals surface area contributed by atoms with E-state index in [0.29, 0.717) is 12.4 Å². The number of halogens is 2. The summed E-state index contributed by atoms with van der Waals surface area (Å²) < 4.78 is 14.8. The van der Waals surface area contributed by atoms with Gasteiger partial charge in [0.2, 0.25) is 5.95 Å². The first-order valence-electron chi connectivity index (χ1n) is 6.40. The maximum Gasteiger partial charge on any atom is 0.203 e. The molecule has 1 heterocycles. The maximum atomic E-state index is 12.8. The zero-order chi connectivity index (χ0) is 14.4. The summed E-state index contributed by atoms with van der Waals surface area (Å²) in [7, 11) is 0. The van der Waals surface area contributed by atoms with Crippen molar-refractivity contribution in [2.24, 2.45) is 0 Å². The Hall–Kier alpha value is -1.81. The standard InChI is InChI=1S/C15H17ClFN3/c1-12(6-7-16)11-20-9-8-18-15(20)19-10-13-2-4-14(17)5-3-13/h2-6,8-9H,7,10-11H2,1H3,(H,18,19)/b12-6+. The fourth-order valence-corrected chi connectivity index (χ4v) is 2.12. The number of imidazole rings is 1. The lowest BCUT2D eigenvalue weighted by molar-refractivity contribution is 0.627. The zero-order valence-electron chi connectivity index (χ0n) is 11.3. The minimum Gasteiger partial charge on any atom is -0.352 e. The van der Waals surface area contributed by atoms with Crippen molar-refractivity contribution in [3.05, 3.63) is 59.7 Å². The lowest BCUT2D eigenvalue weighted by Crippen LogP contribution is -2.08. The van der Waals surface area contributed by atoms with Crippen LogP contribution < -0.4 is 5.32 Å². The van der Waals surface area contributed by atoms with Gasteiger partial charge in [-0.05, 0) is 24.6 Å². The molecular weight excluding hydrogens is 277 g/mol. The molecule has 0 atom stereocenters. The van der Waals surface area contributed by atoms with E-state index in [9.17, 15) is 4.39 Å². The van der Waals surface area contributed by atoms with E-state index >= 15 is 0 Å². The predicted molar refractivity (Wildman–Crippen MR) is 80.4 cm³/mol. The molecule has 20 heavy (non-hydrogen) atoms. The number of hydrogen-bond donors (Lipinski definition) is 1. The predicted octanol–water partition coefficient (Wildman–Crippen LogP) is 3.82. The Bertz CT molecular complexity index is 575. The van der Waals surface area contributed by atoms with E-state index in [1.807, 2.05) is 23.8 Å². The van der Waals surface area contributed by atoms with Gasteiger partial charge in [-0.15, -0.1) is 11.6 Å². The number of hydrogen-bond acceptors (Lipinski definition) is 2. The van der Waals surface area contributed by atoms with Crippen molar-refractivity contribution in [3.8, 4) is 0 Å². The smallest absolute Gasteiger partial charge is 0.203 e. The molecule has 2 rings (SSSR count). The van der Waals surface area contributed by atoms with Crippen molar-refractivity contribution in [1.29, 1.82) is 0 Å². The van der Waals surface area contributed by atoms with Gasteiger partial charge < -0.3 is 9.88 Å². The molecule has 1 N–H and O–H groups in total. The fourth-order valence-electron chi connectivity index (χ4n) is 1.85. The molecule has 0 amide bonds. The number of nitrogens with one attached hydrogen (secondary N) is 1. The second-order valence-electron chi connectivity index (χ2n) is 4.56. The summed E-state index contributed by atoms with van der Waals surface area (Å²) in [4.78, 5) is 4.28. The first kappa shape index (κ1) is 14.6. The minimum atomic E-state index is -0.225. The van der Waals surface area contributed by atoms with Crippen LogP contribution in [0, 0.1) is 5.82 Å². The Balaban J connectivity index is 1.98. The number of allylic oxidation sites excluding steroid dienone is 2. The largest absolute Gasteiger partial charge is 0.352 e. The summed E-state index contributed by atoms with van der Waals surface area (Å²) in [5.41, 5.74) is 2.19. The van der Waals surface area contributed by atoms with Crippen molar-refractivity contribution in [3.63, 3.8) is 0 Å². The Labute approximate surface area is 123 Å². The van der Waals surface area contributed by atoms with E-state index < -0.39 is 0 Å². The topological polar surface area (TPSA) is 29.9 Å². The van der Waals surface area contributed by atoms with E-state index in [1.165, 1.54) is 17.7 Å². The Morgan fingerprint density at radius 2 is 2.15 bits per heavy atom. The van der Waals surface area contributed by atoms with Gasteiger partial charge in [0.05, 0.1) is 0 Å². The van der Waals surface area contributed by atoms with Gasteiger partial charge in [0.15, 0.2) is 0 Å². The molecule has 0 aliphatic carbocycles. The molecule has 0 spiro atoms. The van der Waals surface area contributed by atoms with Crippen LogP contribution in [0.5, 0.6) is 0 Å². The van der Waals surface area contributed by atoms with Gasteiger partial charge in [0, 0.05) is 31.4 Å². The first-order chi connectivity index (χ1) is 9.69. The van der Waals surface area contributed by atoms with Gasteiger partial charge in [0.1, 0.15) is 5.82 Å². The van der Waals surface area contributed by atoms with Crippen LogP contribution in [0.25, 0.3) is 0 Å². The van der Waals surface area contributed by atoms with E-state index in [1.54, 1.807) is 18.3 Å². The Morgan fingerprint density at radius 3 is 2.85 bits per heavy atom. The van der Waals surface area contributed by atoms with Crippen LogP contribution >= 0.6 is 11.6 Å². The highest BCUT2D eigenvalue weighted by molar-refractivity contribution is 6.18. The monoisotopic (exact) mass is 293 g/mol. The van der Waals surface area contributed by atoms with Crippen LogP contribution in [0.1, 0.15) is 12.5 Å². The molecule has 106 valence electrons. The van der Waals surface area contributed by atoms with Crippen LogP contribution in [0.15, 0.2) is 48.3 Å². The van der Waals surface area contributed by atoms with E-state index in [0.717, 1.165) is 18.1 Å². The Kier molecular flexibility index (Phi) is 5.18. The number of anilines is 1. The third kappa shape index (κ3) is 4.10. The second-order valence-corrected chi connectivity index (χ2v) is 4.87. The maximum absolute atomic E-state index is 12.8. The van der Waals surface area contributed by atoms with Gasteiger partial charge in [-0.3, -0.25) is 0 Å². The van der Waals surface area contributed by atoms with Crippen LogP contribution in [0.4, 0.5) is 10.3 Å². The lowest BCUT2D eigenvalue weighted by atomic mass is 10.2. The van der Waals surface area contributed by atoms with E-state index in [4.69, 9.17) is 11.6 Å². The third-order valence-corrected chi connectivity index (χ3v) is 3.08. The molecule has 0 saturated heterocycles. The molecule has 0 saturated carbocycles.